The van der Waals surface area contributed by atoms with Crippen LogP contribution in [-0.2, 0) is 21.4 Å². The van der Waals surface area contributed by atoms with Gasteiger partial charge in [0.1, 0.15) is 0 Å². The average Bonchev–Trinajstić information content (AvgIpc) is 3.16. The molecule has 1 atom stereocenters. The summed E-state index contributed by atoms with van der Waals surface area (Å²) < 4.78 is 29.6. The van der Waals surface area contributed by atoms with Gasteiger partial charge >= 0.3 is 5.97 Å². The zero-order chi connectivity index (χ0) is 23.1. The summed E-state index contributed by atoms with van der Waals surface area (Å²) in [6.07, 6.45) is 6.15. The van der Waals surface area contributed by atoms with Gasteiger partial charge in [-0.3, -0.25) is 19.0 Å². The molecule has 1 aromatic heterocycles. The van der Waals surface area contributed by atoms with Crippen LogP contribution in [0.5, 0.6) is 0 Å². The van der Waals surface area contributed by atoms with E-state index in [9.17, 15) is 23.1 Å². The number of aromatic nitrogens is 2. The van der Waals surface area contributed by atoms with Crippen LogP contribution in [0.25, 0.3) is 0 Å². The van der Waals surface area contributed by atoms with E-state index in [0.717, 1.165) is 32.1 Å². The predicted octanol–water partition coefficient (Wildman–Crippen LogP) is 3.17. The fourth-order valence-corrected chi connectivity index (χ4v) is 5.56. The number of rotatable bonds is 10. The first-order chi connectivity index (χ1) is 15.3. The Morgan fingerprint density at radius 3 is 2.50 bits per heavy atom. The number of amides is 1. The number of hydrogen-bond donors (Lipinski definition) is 3. The number of anilines is 1. The quantitative estimate of drug-likeness (QED) is 0.497. The second kappa shape index (κ2) is 10.6. The van der Waals surface area contributed by atoms with Crippen LogP contribution >= 0.6 is 0 Å². The molecule has 1 fully saturated rings. The Kier molecular flexibility index (Phi) is 7.89. The van der Waals surface area contributed by atoms with Crippen molar-refractivity contribution in [2.24, 2.45) is 5.92 Å². The summed E-state index contributed by atoms with van der Waals surface area (Å²) in [6.45, 7) is 2.27. The smallest absolute Gasteiger partial charge is 0.305 e. The third kappa shape index (κ3) is 6.56. The van der Waals surface area contributed by atoms with Crippen LogP contribution in [-0.4, -0.2) is 40.9 Å². The van der Waals surface area contributed by atoms with E-state index in [4.69, 9.17) is 0 Å². The van der Waals surface area contributed by atoms with E-state index in [1.807, 2.05) is 6.92 Å². The maximum atomic E-state index is 13.0. The second-order valence-electron chi connectivity index (χ2n) is 8.17. The van der Waals surface area contributed by atoms with Gasteiger partial charge in [0.2, 0.25) is 10.0 Å². The molecule has 0 saturated heterocycles. The highest BCUT2D eigenvalue weighted by Gasteiger charge is 2.27. The van der Waals surface area contributed by atoms with Gasteiger partial charge in [0.05, 0.1) is 23.9 Å². The second-order valence-corrected chi connectivity index (χ2v) is 9.94. The Labute approximate surface area is 188 Å². The van der Waals surface area contributed by atoms with E-state index < -0.39 is 27.9 Å². The molecule has 1 aromatic carbocycles. The number of carboxylic acid groups (broad SMARTS) is 1. The molecular weight excluding hydrogens is 432 g/mol. The molecule has 9 nitrogen and oxygen atoms in total. The number of carboxylic acids is 1. The van der Waals surface area contributed by atoms with Crippen LogP contribution in [0.1, 0.15) is 67.5 Å². The Morgan fingerprint density at radius 2 is 1.88 bits per heavy atom. The Balaban J connectivity index is 1.79. The summed E-state index contributed by atoms with van der Waals surface area (Å²) in [6, 6.07) is 7.99. The van der Waals surface area contributed by atoms with Crippen molar-refractivity contribution < 1.29 is 23.1 Å². The lowest BCUT2D eigenvalue weighted by molar-refractivity contribution is -0.137. The molecule has 1 unspecified atom stereocenters. The first-order valence-corrected chi connectivity index (χ1v) is 12.6. The number of aryl methyl sites for hydroxylation is 1. The standard InChI is InChI=1S/C22H30N4O5S/c1-2-26-14-19(25-32(30,31)15-16-9-5-3-6-10-16)21(24-26)22(29)23-18(13-20(27)28)17-11-7-4-8-12-17/h4,7-8,11-12,14,16,18,25H,2-3,5-6,9-10,13,15H2,1H3,(H,23,29)(H,27,28). The van der Waals surface area contributed by atoms with E-state index in [2.05, 4.69) is 15.1 Å². The van der Waals surface area contributed by atoms with E-state index >= 15 is 0 Å². The molecule has 0 spiro atoms. The third-order valence-electron chi connectivity index (χ3n) is 5.63. The molecule has 0 bridgehead atoms. The number of sulfonamides is 1. The van der Waals surface area contributed by atoms with Gasteiger partial charge in [-0.05, 0) is 31.2 Å². The van der Waals surface area contributed by atoms with Crippen molar-refractivity contribution in [2.45, 2.75) is 58.0 Å². The highest BCUT2D eigenvalue weighted by atomic mass is 32.2. The number of aliphatic carboxylic acids is 1. The highest BCUT2D eigenvalue weighted by Crippen LogP contribution is 2.26. The molecule has 1 aliphatic rings. The minimum absolute atomic E-state index is 0.0109. The minimum atomic E-state index is -3.66. The topological polar surface area (TPSA) is 130 Å². The van der Waals surface area contributed by atoms with Crippen LogP contribution in [0.3, 0.4) is 0 Å². The SMILES string of the molecule is CCn1cc(NS(=O)(=O)CC2CCCCC2)c(C(=O)NC(CC(=O)O)c2ccccc2)n1. The van der Waals surface area contributed by atoms with Gasteiger partial charge in [0.15, 0.2) is 5.69 Å². The van der Waals surface area contributed by atoms with Gasteiger partial charge < -0.3 is 10.4 Å². The Morgan fingerprint density at radius 1 is 1.19 bits per heavy atom. The fourth-order valence-electron chi connectivity index (χ4n) is 4.04. The van der Waals surface area contributed by atoms with Crippen LogP contribution in [0.4, 0.5) is 5.69 Å². The maximum Gasteiger partial charge on any atom is 0.305 e. The van der Waals surface area contributed by atoms with Crippen LogP contribution < -0.4 is 10.0 Å². The molecule has 0 radical (unpaired) electrons. The van der Waals surface area contributed by atoms with Crippen LogP contribution in [0.15, 0.2) is 36.5 Å². The zero-order valence-electron chi connectivity index (χ0n) is 18.2. The van der Waals surface area contributed by atoms with Gasteiger partial charge in [-0.15, -0.1) is 0 Å². The molecular formula is C22H30N4O5S. The molecule has 0 aliphatic heterocycles. The molecule has 1 amide bonds. The number of carbonyl (C=O) groups excluding carboxylic acids is 1. The summed E-state index contributed by atoms with van der Waals surface area (Å²) in [7, 11) is -3.66. The number of hydrogen-bond acceptors (Lipinski definition) is 5. The lowest BCUT2D eigenvalue weighted by Crippen LogP contribution is -2.31. The van der Waals surface area contributed by atoms with Gasteiger partial charge in [-0.1, -0.05) is 49.6 Å². The first kappa shape index (κ1) is 23.8. The summed E-state index contributed by atoms with van der Waals surface area (Å²) in [5.74, 6) is -1.58. The van der Waals surface area contributed by atoms with Crippen molar-refractivity contribution >= 4 is 27.6 Å². The summed E-state index contributed by atoms with van der Waals surface area (Å²) in [5.41, 5.74) is 0.658. The minimum Gasteiger partial charge on any atom is -0.481 e. The molecule has 1 heterocycles. The van der Waals surface area contributed by atoms with E-state index in [0.29, 0.717) is 12.1 Å². The Hall–Kier alpha value is -2.88. The van der Waals surface area contributed by atoms with Crippen LogP contribution in [0.2, 0.25) is 0 Å². The van der Waals surface area contributed by atoms with Crippen molar-refractivity contribution in [2.75, 3.05) is 10.5 Å². The van der Waals surface area contributed by atoms with Crippen molar-refractivity contribution in [1.82, 2.24) is 15.1 Å². The van der Waals surface area contributed by atoms with Gasteiger partial charge in [0.25, 0.3) is 5.91 Å². The molecule has 3 rings (SSSR count). The first-order valence-electron chi connectivity index (χ1n) is 10.9. The molecule has 1 aliphatic carbocycles. The van der Waals surface area contributed by atoms with Gasteiger partial charge in [0, 0.05) is 12.7 Å². The molecule has 3 N–H and O–H groups in total. The normalized spacial score (nSPS) is 15.8. The average molecular weight is 463 g/mol. The molecule has 10 heteroatoms. The van der Waals surface area contributed by atoms with Crippen molar-refractivity contribution in [1.29, 1.82) is 0 Å². The van der Waals surface area contributed by atoms with E-state index in [-0.39, 0.29) is 29.5 Å². The Bertz CT molecular complexity index is 1030. The number of benzene rings is 1. The van der Waals surface area contributed by atoms with Crippen molar-refractivity contribution in [3.63, 3.8) is 0 Å². The molecule has 32 heavy (non-hydrogen) atoms. The van der Waals surface area contributed by atoms with E-state index in [1.54, 1.807) is 30.3 Å². The van der Waals surface area contributed by atoms with Crippen LogP contribution in [0, 0.1) is 5.92 Å². The fraction of sp³-hybridized carbons (Fsp3) is 0.500. The predicted molar refractivity (Wildman–Crippen MR) is 121 cm³/mol. The van der Waals surface area contributed by atoms with E-state index in [1.165, 1.54) is 10.9 Å². The number of nitrogens with zero attached hydrogens (tertiary/aromatic N) is 2. The lowest BCUT2D eigenvalue weighted by Gasteiger charge is -2.21. The zero-order valence-corrected chi connectivity index (χ0v) is 19.0. The third-order valence-corrected chi connectivity index (χ3v) is 7.07. The lowest BCUT2D eigenvalue weighted by atomic mass is 9.91. The number of carbonyl (C=O) groups is 2. The molecule has 2 aromatic rings. The maximum absolute atomic E-state index is 13.0. The number of nitrogens with one attached hydrogen (secondary N) is 2. The summed E-state index contributed by atoms with van der Waals surface area (Å²) >= 11 is 0. The van der Waals surface area contributed by atoms with Gasteiger partial charge in [-0.25, -0.2) is 8.42 Å². The van der Waals surface area contributed by atoms with Crippen molar-refractivity contribution in [3.05, 3.63) is 47.8 Å². The highest BCUT2D eigenvalue weighted by molar-refractivity contribution is 7.92. The molecule has 1 saturated carbocycles. The largest absolute Gasteiger partial charge is 0.481 e. The van der Waals surface area contributed by atoms with Gasteiger partial charge in [-0.2, -0.15) is 5.10 Å². The molecule has 174 valence electrons. The summed E-state index contributed by atoms with van der Waals surface area (Å²) in [5, 5.41) is 16.2. The summed E-state index contributed by atoms with van der Waals surface area (Å²) in [4.78, 5) is 24.4. The van der Waals surface area contributed by atoms with Crippen molar-refractivity contribution in [3.8, 4) is 0 Å². The monoisotopic (exact) mass is 462 g/mol.